The van der Waals surface area contributed by atoms with E-state index >= 15 is 0 Å². The molecule has 1 amide bonds. The average Bonchev–Trinajstić information content (AvgIpc) is 2.10. The van der Waals surface area contributed by atoms with Gasteiger partial charge >= 0.3 is 6.09 Å². The van der Waals surface area contributed by atoms with E-state index in [1.165, 1.54) is 0 Å². The Morgan fingerprint density at radius 2 is 2.05 bits per heavy atom. The minimum absolute atomic E-state index is 0.181. The van der Waals surface area contributed by atoms with Crippen LogP contribution in [0.5, 0.6) is 0 Å². The Bertz CT molecular complexity index is 416. The molecule has 1 aliphatic rings. The standard InChI is InChI=1S/C14H21ClN2O2/c1-10(15)6-5-7-12(16)11-8-17(9-11)13(18)19-14(2,3)4/h5-7,11H,1,8-9,16H2,2-4H3/b6-5-,12-7-. The number of likely N-dealkylation sites (tertiary alicyclic amines) is 1. The topological polar surface area (TPSA) is 55.6 Å². The Kier molecular flexibility index (Phi) is 5.06. The third kappa shape index (κ3) is 5.39. The van der Waals surface area contributed by atoms with Crippen molar-refractivity contribution in [1.82, 2.24) is 4.90 Å². The van der Waals surface area contributed by atoms with Gasteiger partial charge < -0.3 is 15.4 Å². The Hall–Kier alpha value is -1.42. The number of allylic oxidation sites excluding steroid dienone is 4. The molecule has 0 aromatic heterocycles. The van der Waals surface area contributed by atoms with Gasteiger partial charge in [-0.05, 0) is 32.9 Å². The smallest absolute Gasteiger partial charge is 0.410 e. The fourth-order valence-electron chi connectivity index (χ4n) is 1.56. The lowest BCUT2D eigenvalue weighted by Crippen LogP contribution is -2.53. The van der Waals surface area contributed by atoms with Gasteiger partial charge in [-0.1, -0.05) is 24.3 Å². The zero-order chi connectivity index (χ0) is 14.6. The summed E-state index contributed by atoms with van der Waals surface area (Å²) < 4.78 is 5.27. The van der Waals surface area contributed by atoms with Crippen LogP contribution in [0.25, 0.3) is 0 Å². The van der Waals surface area contributed by atoms with Crippen molar-refractivity contribution in [2.45, 2.75) is 26.4 Å². The Labute approximate surface area is 119 Å². The summed E-state index contributed by atoms with van der Waals surface area (Å²) in [5.74, 6) is 0.181. The molecule has 4 nitrogen and oxygen atoms in total. The molecule has 1 aliphatic heterocycles. The van der Waals surface area contributed by atoms with E-state index in [1.54, 1.807) is 23.1 Å². The van der Waals surface area contributed by atoms with Gasteiger partial charge in [0.1, 0.15) is 5.60 Å². The van der Waals surface area contributed by atoms with E-state index < -0.39 is 5.60 Å². The largest absolute Gasteiger partial charge is 0.444 e. The van der Waals surface area contributed by atoms with E-state index in [9.17, 15) is 4.79 Å². The van der Waals surface area contributed by atoms with Crippen molar-refractivity contribution in [2.24, 2.45) is 11.7 Å². The summed E-state index contributed by atoms with van der Waals surface area (Å²) in [5, 5.41) is 0.452. The second-order valence-electron chi connectivity index (χ2n) is 5.55. The maximum atomic E-state index is 11.7. The van der Waals surface area contributed by atoms with Gasteiger partial charge in [0.2, 0.25) is 0 Å². The molecule has 19 heavy (non-hydrogen) atoms. The van der Waals surface area contributed by atoms with Gasteiger partial charge in [-0.2, -0.15) is 0 Å². The molecule has 1 heterocycles. The molecule has 0 atom stereocenters. The van der Waals surface area contributed by atoms with Crippen molar-refractivity contribution < 1.29 is 9.53 Å². The van der Waals surface area contributed by atoms with E-state index in [-0.39, 0.29) is 12.0 Å². The lowest BCUT2D eigenvalue weighted by molar-refractivity contribution is 0.00356. The molecule has 0 aromatic rings. The molecule has 0 radical (unpaired) electrons. The molecule has 2 N–H and O–H groups in total. The number of rotatable bonds is 3. The monoisotopic (exact) mass is 284 g/mol. The Balaban J connectivity index is 2.41. The SMILES string of the molecule is C=C(Cl)/C=C\C=C(/N)C1CN(C(=O)OC(C)(C)C)C1. The third-order valence-electron chi connectivity index (χ3n) is 2.57. The van der Waals surface area contributed by atoms with Crippen molar-refractivity contribution in [3.63, 3.8) is 0 Å². The van der Waals surface area contributed by atoms with E-state index in [4.69, 9.17) is 22.1 Å². The van der Waals surface area contributed by atoms with Crippen molar-refractivity contribution in [3.8, 4) is 0 Å². The van der Waals surface area contributed by atoms with Gasteiger partial charge in [0.05, 0.1) is 0 Å². The van der Waals surface area contributed by atoms with Gasteiger partial charge in [0.25, 0.3) is 0 Å². The zero-order valence-corrected chi connectivity index (χ0v) is 12.4. The first-order valence-electron chi connectivity index (χ1n) is 6.15. The van der Waals surface area contributed by atoms with E-state index in [0.717, 1.165) is 5.70 Å². The second kappa shape index (κ2) is 6.15. The molecule has 106 valence electrons. The summed E-state index contributed by atoms with van der Waals surface area (Å²) in [5.41, 5.74) is 6.18. The summed E-state index contributed by atoms with van der Waals surface area (Å²) in [6, 6.07) is 0. The summed E-state index contributed by atoms with van der Waals surface area (Å²) in [7, 11) is 0. The molecule has 0 bridgehead atoms. The van der Waals surface area contributed by atoms with Gasteiger partial charge in [0.15, 0.2) is 0 Å². The van der Waals surface area contributed by atoms with Crippen molar-refractivity contribution in [2.75, 3.05) is 13.1 Å². The number of nitrogens with zero attached hydrogens (tertiary/aromatic N) is 1. The van der Waals surface area contributed by atoms with Crippen LogP contribution in [0.1, 0.15) is 20.8 Å². The highest BCUT2D eigenvalue weighted by Crippen LogP contribution is 2.23. The van der Waals surface area contributed by atoms with Crippen molar-refractivity contribution in [1.29, 1.82) is 0 Å². The molecule has 5 heteroatoms. The fraction of sp³-hybridized carbons (Fsp3) is 0.500. The number of amides is 1. The Morgan fingerprint density at radius 1 is 1.47 bits per heavy atom. The van der Waals surface area contributed by atoms with Crippen molar-refractivity contribution in [3.05, 3.63) is 35.5 Å². The molecule has 1 rings (SSSR count). The van der Waals surface area contributed by atoms with Crippen LogP contribution in [0.3, 0.4) is 0 Å². The molecule has 0 saturated carbocycles. The summed E-state index contributed by atoms with van der Waals surface area (Å²) in [6.45, 7) is 10.3. The summed E-state index contributed by atoms with van der Waals surface area (Å²) in [4.78, 5) is 13.4. The number of carbonyl (C=O) groups excluding carboxylic acids is 1. The number of halogens is 1. The van der Waals surface area contributed by atoms with Crippen LogP contribution in [-0.2, 0) is 4.74 Å². The predicted octanol–water partition coefficient (Wildman–Crippen LogP) is 3.00. The van der Waals surface area contributed by atoms with Crippen LogP contribution in [0.4, 0.5) is 4.79 Å². The number of ether oxygens (including phenoxy) is 1. The third-order valence-corrected chi connectivity index (χ3v) is 2.70. The van der Waals surface area contributed by atoms with Gasteiger partial charge in [-0.25, -0.2) is 4.79 Å². The van der Waals surface area contributed by atoms with E-state index in [1.807, 2.05) is 20.8 Å². The first-order chi connectivity index (χ1) is 8.69. The van der Waals surface area contributed by atoms with Gasteiger partial charge in [-0.15, -0.1) is 0 Å². The highest BCUT2D eigenvalue weighted by atomic mass is 35.5. The molecule has 0 unspecified atom stereocenters. The fourth-order valence-corrected chi connectivity index (χ4v) is 1.64. The zero-order valence-electron chi connectivity index (χ0n) is 11.6. The highest BCUT2D eigenvalue weighted by molar-refractivity contribution is 6.30. The molecule has 0 aromatic carbocycles. The van der Waals surface area contributed by atoms with Crippen LogP contribution in [0, 0.1) is 5.92 Å². The van der Waals surface area contributed by atoms with Gasteiger partial charge in [-0.3, -0.25) is 0 Å². The maximum Gasteiger partial charge on any atom is 0.410 e. The van der Waals surface area contributed by atoms with Crippen LogP contribution < -0.4 is 5.73 Å². The van der Waals surface area contributed by atoms with Crippen LogP contribution in [0.2, 0.25) is 0 Å². The first-order valence-corrected chi connectivity index (χ1v) is 6.53. The van der Waals surface area contributed by atoms with E-state index in [0.29, 0.717) is 18.1 Å². The summed E-state index contributed by atoms with van der Waals surface area (Å²) in [6.07, 6.45) is 4.91. The normalized spacial score (nSPS) is 17.5. The number of hydrogen-bond acceptors (Lipinski definition) is 3. The number of nitrogens with two attached hydrogens (primary N) is 1. The number of hydrogen-bond donors (Lipinski definition) is 1. The Morgan fingerprint density at radius 3 is 2.53 bits per heavy atom. The average molecular weight is 285 g/mol. The molecular formula is C14H21ClN2O2. The van der Waals surface area contributed by atoms with Crippen LogP contribution >= 0.6 is 11.6 Å². The van der Waals surface area contributed by atoms with Crippen LogP contribution in [-0.4, -0.2) is 29.7 Å². The lowest BCUT2D eigenvalue weighted by Gasteiger charge is -2.39. The molecule has 0 spiro atoms. The summed E-state index contributed by atoms with van der Waals surface area (Å²) >= 11 is 5.59. The predicted molar refractivity (Wildman–Crippen MR) is 77.7 cm³/mol. The highest BCUT2D eigenvalue weighted by Gasteiger charge is 2.34. The quantitative estimate of drug-likeness (QED) is 0.811. The molecule has 0 aliphatic carbocycles. The van der Waals surface area contributed by atoms with Gasteiger partial charge in [0, 0.05) is 29.7 Å². The minimum atomic E-state index is -0.465. The molecule has 1 saturated heterocycles. The number of carbonyl (C=O) groups is 1. The van der Waals surface area contributed by atoms with Crippen molar-refractivity contribution >= 4 is 17.7 Å². The van der Waals surface area contributed by atoms with E-state index in [2.05, 4.69) is 6.58 Å². The minimum Gasteiger partial charge on any atom is -0.444 e. The maximum absolute atomic E-state index is 11.7. The second-order valence-corrected chi connectivity index (χ2v) is 6.04. The van der Waals surface area contributed by atoms with Crippen LogP contribution in [0.15, 0.2) is 35.5 Å². The molecular weight excluding hydrogens is 264 g/mol. The first kappa shape index (κ1) is 15.6. The lowest BCUT2D eigenvalue weighted by atomic mass is 9.97. The molecule has 1 fully saturated rings.